The average molecular weight is 485 g/mol. The molecule has 7 nitrogen and oxygen atoms in total. The van der Waals surface area contributed by atoms with Crippen LogP contribution in [-0.4, -0.2) is 25.7 Å². The number of hydrogen-bond donors (Lipinski definition) is 1. The lowest BCUT2D eigenvalue weighted by Crippen LogP contribution is -2.23. The zero-order valence-corrected chi connectivity index (χ0v) is 17.0. The van der Waals surface area contributed by atoms with E-state index in [2.05, 4.69) is 14.9 Å². The Labute approximate surface area is 165 Å². The lowest BCUT2D eigenvalue weighted by atomic mass is 10.1. The molecule has 1 aromatic heterocycles. The normalized spacial score (nSPS) is 11.5. The second kappa shape index (κ2) is 7.72. The Morgan fingerprint density at radius 2 is 2.00 bits per heavy atom. The maximum absolute atomic E-state index is 12.4. The number of aryl methyl sites for hydroxylation is 1. The SMILES string of the molecule is COc1ccc(S(=O)(=O)NCc2nc(-c3ccccc3C)no2)cc1I. The number of sulfonamides is 1. The van der Waals surface area contributed by atoms with Crippen molar-refractivity contribution in [2.24, 2.45) is 0 Å². The number of methoxy groups -OCH3 is 1. The molecule has 0 saturated heterocycles. The fourth-order valence-electron chi connectivity index (χ4n) is 2.31. The Kier molecular flexibility index (Phi) is 5.58. The number of halogens is 1. The van der Waals surface area contributed by atoms with Gasteiger partial charge in [-0.15, -0.1) is 0 Å². The second-order valence-electron chi connectivity index (χ2n) is 5.45. The summed E-state index contributed by atoms with van der Waals surface area (Å²) in [5.74, 6) is 1.23. The van der Waals surface area contributed by atoms with E-state index in [-0.39, 0.29) is 17.3 Å². The van der Waals surface area contributed by atoms with Gasteiger partial charge >= 0.3 is 0 Å². The number of ether oxygens (including phenoxy) is 1. The molecule has 26 heavy (non-hydrogen) atoms. The average Bonchev–Trinajstić information content (AvgIpc) is 3.09. The fourth-order valence-corrected chi connectivity index (χ4v) is 4.26. The summed E-state index contributed by atoms with van der Waals surface area (Å²) in [5.41, 5.74) is 1.85. The fraction of sp³-hybridized carbons (Fsp3) is 0.176. The molecule has 0 radical (unpaired) electrons. The zero-order chi connectivity index (χ0) is 18.7. The van der Waals surface area contributed by atoms with Gasteiger partial charge in [-0.3, -0.25) is 0 Å². The topological polar surface area (TPSA) is 94.3 Å². The number of benzene rings is 2. The first-order valence-corrected chi connectivity index (χ1v) is 10.2. The first kappa shape index (κ1) is 18.8. The largest absolute Gasteiger partial charge is 0.496 e. The van der Waals surface area contributed by atoms with E-state index in [1.54, 1.807) is 6.07 Å². The van der Waals surface area contributed by atoms with Crippen LogP contribution in [0.5, 0.6) is 5.75 Å². The Morgan fingerprint density at radius 3 is 2.69 bits per heavy atom. The van der Waals surface area contributed by atoms with Crippen LogP contribution in [-0.2, 0) is 16.6 Å². The molecule has 136 valence electrons. The van der Waals surface area contributed by atoms with Gasteiger partial charge in [0.2, 0.25) is 21.7 Å². The monoisotopic (exact) mass is 485 g/mol. The molecule has 0 atom stereocenters. The molecule has 0 amide bonds. The van der Waals surface area contributed by atoms with Crippen molar-refractivity contribution in [1.29, 1.82) is 0 Å². The minimum absolute atomic E-state index is 0.0934. The molecule has 3 rings (SSSR count). The number of rotatable bonds is 6. The summed E-state index contributed by atoms with van der Waals surface area (Å²) in [6, 6.07) is 12.3. The van der Waals surface area contributed by atoms with E-state index in [1.807, 2.05) is 53.8 Å². The number of aromatic nitrogens is 2. The minimum atomic E-state index is -3.71. The molecule has 0 aliphatic heterocycles. The van der Waals surface area contributed by atoms with Crippen LogP contribution >= 0.6 is 22.6 Å². The van der Waals surface area contributed by atoms with Crippen LogP contribution in [0.25, 0.3) is 11.4 Å². The summed E-state index contributed by atoms with van der Waals surface area (Å²) in [7, 11) is -2.17. The van der Waals surface area contributed by atoms with Crippen molar-refractivity contribution in [2.45, 2.75) is 18.4 Å². The predicted molar refractivity (Wildman–Crippen MR) is 104 cm³/mol. The van der Waals surface area contributed by atoms with Crippen LogP contribution in [0.2, 0.25) is 0 Å². The van der Waals surface area contributed by atoms with E-state index in [4.69, 9.17) is 9.26 Å². The molecule has 0 aliphatic carbocycles. The van der Waals surface area contributed by atoms with Gasteiger partial charge in [-0.1, -0.05) is 29.4 Å². The maximum Gasteiger partial charge on any atom is 0.242 e. The van der Waals surface area contributed by atoms with E-state index >= 15 is 0 Å². The van der Waals surface area contributed by atoms with Crippen molar-refractivity contribution in [3.8, 4) is 17.1 Å². The lowest BCUT2D eigenvalue weighted by molar-refractivity contribution is 0.376. The van der Waals surface area contributed by atoms with E-state index < -0.39 is 10.0 Å². The van der Waals surface area contributed by atoms with Crippen LogP contribution in [0, 0.1) is 10.5 Å². The highest BCUT2D eigenvalue weighted by atomic mass is 127. The van der Waals surface area contributed by atoms with Crippen LogP contribution in [0.4, 0.5) is 0 Å². The molecular formula is C17H16IN3O4S. The van der Waals surface area contributed by atoms with Crippen molar-refractivity contribution in [3.05, 3.63) is 57.5 Å². The number of hydrogen-bond acceptors (Lipinski definition) is 6. The molecule has 1 heterocycles. The minimum Gasteiger partial charge on any atom is -0.496 e. The van der Waals surface area contributed by atoms with Crippen molar-refractivity contribution in [2.75, 3.05) is 7.11 Å². The van der Waals surface area contributed by atoms with Gasteiger partial charge in [0.15, 0.2) is 0 Å². The van der Waals surface area contributed by atoms with E-state index in [0.29, 0.717) is 15.1 Å². The van der Waals surface area contributed by atoms with Crippen LogP contribution < -0.4 is 9.46 Å². The summed E-state index contributed by atoms with van der Waals surface area (Å²) in [6.45, 7) is 1.85. The van der Waals surface area contributed by atoms with Crippen molar-refractivity contribution >= 4 is 32.6 Å². The Morgan fingerprint density at radius 1 is 1.23 bits per heavy atom. The maximum atomic E-state index is 12.4. The summed E-state index contributed by atoms with van der Waals surface area (Å²) in [6.07, 6.45) is 0. The van der Waals surface area contributed by atoms with E-state index in [1.165, 1.54) is 19.2 Å². The summed E-state index contributed by atoms with van der Waals surface area (Å²) in [4.78, 5) is 4.40. The van der Waals surface area contributed by atoms with Crippen LogP contribution in [0.1, 0.15) is 11.5 Å². The molecule has 0 spiro atoms. The molecule has 9 heteroatoms. The smallest absolute Gasteiger partial charge is 0.242 e. The third kappa shape index (κ3) is 4.05. The van der Waals surface area contributed by atoms with Crippen molar-refractivity contribution < 1.29 is 17.7 Å². The van der Waals surface area contributed by atoms with Gasteiger partial charge in [-0.2, -0.15) is 4.98 Å². The number of nitrogens with zero attached hydrogens (tertiary/aromatic N) is 2. The molecule has 0 unspecified atom stereocenters. The molecule has 3 aromatic rings. The molecule has 0 bridgehead atoms. The van der Waals surface area contributed by atoms with Gasteiger partial charge in [0.1, 0.15) is 5.75 Å². The van der Waals surface area contributed by atoms with Crippen molar-refractivity contribution in [1.82, 2.24) is 14.9 Å². The van der Waals surface area contributed by atoms with Crippen molar-refractivity contribution in [3.63, 3.8) is 0 Å². The van der Waals surface area contributed by atoms with Gasteiger partial charge < -0.3 is 9.26 Å². The Hall–Kier alpha value is -1.98. The number of nitrogens with one attached hydrogen (secondary N) is 1. The molecule has 2 aromatic carbocycles. The lowest BCUT2D eigenvalue weighted by Gasteiger charge is -2.07. The highest BCUT2D eigenvalue weighted by Gasteiger charge is 2.18. The van der Waals surface area contributed by atoms with E-state index in [9.17, 15) is 8.42 Å². The Balaban J connectivity index is 1.75. The Bertz CT molecular complexity index is 1030. The second-order valence-corrected chi connectivity index (χ2v) is 8.38. The first-order chi connectivity index (χ1) is 12.4. The summed E-state index contributed by atoms with van der Waals surface area (Å²) >= 11 is 2.02. The predicted octanol–water partition coefficient (Wildman–Crippen LogP) is 3.14. The van der Waals surface area contributed by atoms with Crippen LogP contribution in [0.15, 0.2) is 51.9 Å². The van der Waals surface area contributed by atoms with Gasteiger partial charge in [0, 0.05) is 5.56 Å². The quantitative estimate of drug-likeness (QED) is 0.540. The van der Waals surface area contributed by atoms with Crippen LogP contribution in [0.3, 0.4) is 0 Å². The summed E-state index contributed by atoms with van der Waals surface area (Å²) < 4.78 is 38.4. The molecule has 0 fully saturated rings. The van der Waals surface area contributed by atoms with E-state index in [0.717, 1.165) is 11.1 Å². The molecular weight excluding hydrogens is 469 g/mol. The first-order valence-electron chi connectivity index (χ1n) is 7.62. The third-order valence-corrected chi connectivity index (χ3v) is 5.94. The standard InChI is InChI=1S/C17H16IN3O4S/c1-11-5-3-4-6-13(11)17-20-16(25-21-17)10-19-26(22,23)12-7-8-15(24-2)14(18)9-12/h3-9,19H,10H2,1-2H3. The van der Waals surface area contributed by atoms with Gasteiger partial charge in [0.25, 0.3) is 0 Å². The van der Waals surface area contributed by atoms with Gasteiger partial charge in [-0.25, -0.2) is 13.1 Å². The molecule has 1 N–H and O–H groups in total. The highest BCUT2D eigenvalue weighted by Crippen LogP contribution is 2.24. The van der Waals surface area contributed by atoms with Gasteiger partial charge in [-0.05, 0) is 53.3 Å². The zero-order valence-electron chi connectivity index (χ0n) is 14.1. The highest BCUT2D eigenvalue weighted by molar-refractivity contribution is 14.1. The van der Waals surface area contributed by atoms with Gasteiger partial charge in [0.05, 0.1) is 22.1 Å². The molecule has 0 aliphatic rings. The molecule has 0 saturated carbocycles. The third-order valence-electron chi connectivity index (χ3n) is 3.70. The summed E-state index contributed by atoms with van der Waals surface area (Å²) in [5, 5.41) is 3.92.